The van der Waals surface area contributed by atoms with Crippen LogP contribution in [0.5, 0.6) is 5.75 Å². The van der Waals surface area contributed by atoms with Gasteiger partial charge < -0.3 is 37.0 Å². The standard InChI is InChI=1S/C49H97NO10Si4/c1-35(31-55-32-36-26-28-37(53-16)29-27-36)43-49(14,58-43)44(60-64(24,25)48(11,12)13)39(34-57-62(20,21)46(5,6)7)42(52)38(33-56-61(18,19)45(2,3)4)40(30-41(51)50(15)54-17)59-63(22,23)47(8,9)10/h26-29,35,38-40,42-44,52H,30-34H2,1-25H3/t35-,38+,39-,40+,42+,43+,44-,49?/m0/s1. The number of carbonyl (C=O) groups excluding carboxylic acids is 1. The molecule has 1 fully saturated rings. The smallest absolute Gasteiger partial charge is 0.248 e. The Kier molecular flexibility index (Phi) is 20.1. The molecule has 0 saturated carbocycles. The molecule has 1 amide bonds. The second-order valence-electron chi connectivity index (χ2n) is 25.0. The minimum Gasteiger partial charge on any atom is -0.497 e. The van der Waals surface area contributed by atoms with E-state index in [0.717, 1.165) is 11.3 Å². The molecule has 0 spiro atoms. The first-order valence-corrected chi connectivity index (χ1v) is 35.3. The molecule has 0 aliphatic carbocycles. The first-order valence-electron chi connectivity index (χ1n) is 23.7. The predicted molar refractivity (Wildman–Crippen MR) is 273 cm³/mol. The van der Waals surface area contributed by atoms with Crippen molar-refractivity contribution in [2.24, 2.45) is 17.8 Å². The average Bonchev–Trinajstić information content (AvgIpc) is 3.84. The number of hydroxylamine groups is 2. The van der Waals surface area contributed by atoms with E-state index in [1.165, 1.54) is 12.2 Å². The Labute approximate surface area is 396 Å². The third-order valence-electron chi connectivity index (χ3n) is 15.9. The van der Waals surface area contributed by atoms with Gasteiger partial charge in [-0.2, -0.15) is 0 Å². The predicted octanol–water partition coefficient (Wildman–Crippen LogP) is 11.8. The fourth-order valence-electron chi connectivity index (χ4n) is 6.83. The molecule has 11 nitrogen and oxygen atoms in total. The van der Waals surface area contributed by atoms with E-state index in [0.29, 0.717) is 13.2 Å². The normalized spacial score (nSPS) is 21.2. The van der Waals surface area contributed by atoms with Crippen LogP contribution in [0, 0.1) is 17.8 Å². The fraction of sp³-hybridized carbons (Fsp3) is 0.857. The van der Waals surface area contributed by atoms with Crippen LogP contribution in [0.3, 0.4) is 0 Å². The van der Waals surface area contributed by atoms with Crippen molar-refractivity contribution >= 4 is 39.2 Å². The fourth-order valence-corrected chi connectivity index (χ4v) is 11.7. The Bertz CT molecular complexity index is 1610. The van der Waals surface area contributed by atoms with Crippen molar-refractivity contribution in [3.8, 4) is 5.75 Å². The largest absolute Gasteiger partial charge is 0.497 e. The maximum atomic E-state index is 14.0. The Morgan fingerprint density at radius 2 is 1.16 bits per heavy atom. The number of hydrogen-bond donors (Lipinski definition) is 1. The van der Waals surface area contributed by atoms with E-state index in [9.17, 15) is 9.90 Å². The summed E-state index contributed by atoms with van der Waals surface area (Å²) < 4.78 is 47.9. The van der Waals surface area contributed by atoms with Gasteiger partial charge in [0.1, 0.15) is 11.4 Å². The minimum atomic E-state index is -2.55. The van der Waals surface area contributed by atoms with Crippen molar-refractivity contribution in [1.82, 2.24) is 5.06 Å². The number of hydrogen-bond acceptors (Lipinski definition) is 10. The lowest BCUT2D eigenvalue weighted by atomic mass is 9.78. The number of ether oxygens (including phenoxy) is 3. The second kappa shape index (κ2) is 21.8. The van der Waals surface area contributed by atoms with Crippen LogP contribution in [0.2, 0.25) is 72.5 Å². The highest BCUT2D eigenvalue weighted by molar-refractivity contribution is 6.75. The number of methoxy groups -OCH3 is 1. The van der Waals surface area contributed by atoms with Crippen molar-refractivity contribution in [3.63, 3.8) is 0 Å². The van der Waals surface area contributed by atoms with Crippen LogP contribution in [-0.2, 0) is 43.4 Å². The lowest BCUT2D eigenvalue weighted by Crippen LogP contribution is -2.59. The summed E-state index contributed by atoms with van der Waals surface area (Å²) >= 11 is 0. The highest BCUT2D eigenvalue weighted by Gasteiger charge is 2.65. The van der Waals surface area contributed by atoms with Gasteiger partial charge in [0.05, 0.1) is 58.3 Å². The summed E-state index contributed by atoms with van der Waals surface area (Å²) in [5, 5.41) is 14.4. The van der Waals surface area contributed by atoms with Gasteiger partial charge in [-0.1, -0.05) is 102 Å². The third kappa shape index (κ3) is 15.3. The van der Waals surface area contributed by atoms with E-state index in [2.05, 4.69) is 149 Å². The molecule has 0 radical (unpaired) electrons. The molecule has 0 aromatic heterocycles. The Balaban J connectivity index is 2.91. The van der Waals surface area contributed by atoms with Gasteiger partial charge in [-0.3, -0.25) is 9.63 Å². The number of carbonyl (C=O) groups is 1. The first kappa shape index (κ1) is 59.2. The molecule has 1 aliphatic rings. The van der Waals surface area contributed by atoms with Gasteiger partial charge in [-0.05, 0) is 97.1 Å². The first-order chi connectivity index (χ1) is 28.7. The summed E-state index contributed by atoms with van der Waals surface area (Å²) in [6, 6.07) is 7.93. The number of aliphatic hydroxyl groups is 1. The number of amides is 1. The summed E-state index contributed by atoms with van der Waals surface area (Å²) in [7, 11) is -5.09. The van der Waals surface area contributed by atoms with Crippen LogP contribution in [0.15, 0.2) is 24.3 Å². The van der Waals surface area contributed by atoms with Gasteiger partial charge in [-0.25, -0.2) is 5.06 Å². The number of aliphatic hydroxyl groups excluding tert-OH is 1. The SMILES string of the molecule is COc1ccc(COC[C@H](C)[C@H]2OC2(C)[C@@H](O[Si](C)(C)C(C)(C)C)[C@@H](CO[Si](C)(C)C(C)(C)C)[C@H](O)[C@H](CO[Si](C)(C)C(C)(C)C)[C@@H](CC(=O)N(C)OC)O[Si](C)(C)C(C)(C)C)cc1. The Morgan fingerprint density at radius 3 is 1.58 bits per heavy atom. The quantitative estimate of drug-likeness (QED) is 0.0609. The van der Waals surface area contributed by atoms with Crippen molar-refractivity contribution in [2.45, 2.75) is 213 Å². The highest BCUT2D eigenvalue weighted by Crippen LogP contribution is 2.52. The van der Waals surface area contributed by atoms with Crippen molar-refractivity contribution in [2.75, 3.05) is 41.1 Å². The summed E-state index contributed by atoms with van der Waals surface area (Å²) in [4.78, 5) is 19.4. The van der Waals surface area contributed by atoms with Gasteiger partial charge in [0.15, 0.2) is 33.3 Å². The van der Waals surface area contributed by atoms with Crippen LogP contribution >= 0.6 is 0 Å². The number of rotatable bonds is 24. The molecule has 1 aromatic rings. The molecule has 15 heteroatoms. The van der Waals surface area contributed by atoms with Crippen LogP contribution in [0.25, 0.3) is 0 Å². The lowest BCUT2D eigenvalue weighted by Gasteiger charge is -2.48. The van der Waals surface area contributed by atoms with Gasteiger partial charge in [0.25, 0.3) is 0 Å². The molecule has 0 bridgehead atoms. The average molecular weight is 973 g/mol. The summed E-state index contributed by atoms with van der Waals surface area (Å²) in [5.41, 5.74) is 0.279. The zero-order chi connectivity index (χ0) is 49.9. The van der Waals surface area contributed by atoms with Crippen LogP contribution in [0.4, 0.5) is 0 Å². The van der Waals surface area contributed by atoms with Gasteiger partial charge >= 0.3 is 0 Å². The number of epoxide rings is 1. The van der Waals surface area contributed by atoms with Crippen LogP contribution < -0.4 is 4.74 Å². The van der Waals surface area contributed by atoms with E-state index >= 15 is 0 Å². The van der Waals surface area contributed by atoms with Crippen LogP contribution in [-0.4, -0.2) is 120 Å². The zero-order valence-electron chi connectivity index (χ0n) is 45.5. The Hall–Kier alpha value is -0.962. The van der Waals surface area contributed by atoms with Crippen molar-refractivity contribution < 1.29 is 46.7 Å². The molecule has 64 heavy (non-hydrogen) atoms. The maximum Gasteiger partial charge on any atom is 0.248 e. The Morgan fingerprint density at radius 1 is 0.719 bits per heavy atom. The van der Waals surface area contributed by atoms with E-state index in [1.807, 2.05) is 24.3 Å². The van der Waals surface area contributed by atoms with E-state index in [-0.39, 0.29) is 57.7 Å². The van der Waals surface area contributed by atoms with Gasteiger partial charge in [0, 0.05) is 38.0 Å². The molecular formula is C49H97NO10Si4. The molecular weight excluding hydrogens is 875 g/mol. The number of benzene rings is 1. The molecule has 1 unspecified atom stereocenters. The topological polar surface area (TPSA) is 118 Å². The second-order valence-corrected chi connectivity index (χ2v) is 44.1. The minimum absolute atomic E-state index is 0.00195. The summed E-state index contributed by atoms with van der Waals surface area (Å²) in [6.45, 7) is 50.3. The van der Waals surface area contributed by atoms with E-state index in [1.54, 1.807) is 14.2 Å². The molecule has 1 aliphatic heterocycles. The number of nitrogens with zero attached hydrogens (tertiary/aromatic N) is 1. The molecule has 2 rings (SSSR count). The van der Waals surface area contributed by atoms with Crippen molar-refractivity contribution in [3.05, 3.63) is 29.8 Å². The summed E-state index contributed by atoms with van der Waals surface area (Å²) in [5.74, 6) is -0.634. The molecule has 1 heterocycles. The monoisotopic (exact) mass is 972 g/mol. The lowest BCUT2D eigenvalue weighted by molar-refractivity contribution is -0.172. The van der Waals surface area contributed by atoms with E-state index in [4.69, 9.17) is 36.8 Å². The molecule has 374 valence electrons. The maximum absolute atomic E-state index is 14.0. The molecule has 1 saturated heterocycles. The van der Waals surface area contributed by atoms with Gasteiger partial charge in [0.2, 0.25) is 5.91 Å². The molecule has 8 atom stereocenters. The van der Waals surface area contributed by atoms with Crippen molar-refractivity contribution in [1.29, 1.82) is 0 Å². The summed E-state index contributed by atoms with van der Waals surface area (Å²) in [6.07, 6.45) is -2.57. The molecule has 1 N–H and O–H groups in total. The van der Waals surface area contributed by atoms with E-state index < -0.39 is 69.0 Å². The highest BCUT2D eigenvalue weighted by atomic mass is 28.4. The zero-order valence-corrected chi connectivity index (χ0v) is 49.5. The molecule has 1 aromatic carbocycles. The van der Waals surface area contributed by atoms with Gasteiger partial charge in [-0.15, -0.1) is 0 Å². The third-order valence-corrected chi connectivity index (χ3v) is 33.9. The van der Waals surface area contributed by atoms with Crippen LogP contribution in [0.1, 0.15) is 109 Å².